The average Bonchev–Trinajstić information content (AvgIpc) is 2.27. The van der Waals surface area contributed by atoms with E-state index in [1.807, 2.05) is 0 Å². The van der Waals surface area contributed by atoms with Crippen molar-refractivity contribution in [3.05, 3.63) is 34.1 Å². The maximum absolute atomic E-state index is 11.4. The number of carbonyl (C=O) groups is 1. The monoisotopic (exact) mass is 208 g/mol. The van der Waals surface area contributed by atoms with E-state index in [2.05, 4.69) is 4.98 Å². The summed E-state index contributed by atoms with van der Waals surface area (Å²) in [5.41, 5.74) is 0.341. The van der Waals surface area contributed by atoms with E-state index in [9.17, 15) is 14.9 Å². The normalized spacial score (nSPS) is 12.1. The summed E-state index contributed by atoms with van der Waals surface area (Å²) < 4.78 is 0. The van der Waals surface area contributed by atoms with Gasteiger partial charge < -0.3 is 0 Å². The highest BCUT2D eigenvalue weighted by Crippen LogP contribution is 2.26. The topological polar surface area (TPSA) is 73.1 Å². The van der Waals surface area contributed by atoms with Crippen LogP contribution in [0.25, 0.3) is 0 Å². The Hall–Kier alpha value is -1.78. The SMILES string of the molecule is CCC(=O)C(C)c1ccncc1[N+](=O)[O-]. The molecule has 1 atom stereocenters. The molecule has 5 heteroatoms. The quantitative estimate of drug-likeness (QED) is 0.560. The molecule has 0 fully saturated rings. The Balaban J connectivity index is 3.13. The first kappa shape index (κ1) is 11.3. The number of carbonyl (C=O) groups excluding carboxylic acids is 1. The van der Waals surface area contributed by atoms with Gasteiger partial charge in [0.15, 0.2) is 0 Å². The van der Waals surface area contributed by atoms with Crippen molar-refractivity contribution in [1.29, 1.82) is 0 Å². The number of nitrogens with zero attached hydrogens (tertiary/aromatic N) is 2. The van der Waals surface area contributed by atoms with Gasteiger partial charge in [0.25, 0.3) is 5.69 Å². The summed E-state index contributed by atoms with van der Waals surface area (Å²) >= 11 is 0. The molecular weight excluding hydrogens is 196 g/mol. The number of Topliss-reactive ketones (excluding diaryl/α,β-unsaturated/α-hetero) is 1. The van der Waals surface area contributed by atoms with Crippen molar-refractivity contribution in [1.82, 2.24) is 4.98 Å². The van der Waals surface area contributed by atoms with Gasteiger partial charge in [0.2, 0.25) is 0 Å². The summed E-state index contributed by atoms with van der Waals surface area (Å²) in [6.07, 6.45) is 3.01. The van der Waals surface area contributed by atoms with Crippen molar-refractivity contribution in [2.45, 2.75) is 26.2 Å². The highest BCUT2D eigenvalue weighted by molar-refractivity contribution is 5.86. The van der Waals surface area contributed by atoms with Crippen LogP contribution in [0.2, 0.25) is 0 Å². The van der Waals surface area contributed by atoms with Crippen LogP contribution in [-0.2, 0) is 4.79 Å². The molecule has 1 aromatic heterocycles. The molecule has 0 saturated heterocycles. The van der Waals surface area contributed by atoms with E-state index in [1.54, 1.807) is 13.8 Å². The predicted molar refractivity (Wildman–Crippen MR) is 54.6 cm³/mol. The number of pyridine rings is 1. The molecule has 80 valence electrons. The molecule has 0 bridgehead atoms. The summed E-state index contributed by atoms with van der Waals surface area (Å²) in [4.78, 5) is 25.3. The zero-order chi connectivity index (χ0) is 11.4. The van der Waals surface area contributed by atoms with Crippen LogP contribution in [-0.4, -0.2) is 15.7 Å². The molecule has 0 saturated carbocycles. The van der Waals surface area contributed by atoms with E-state index in [0.29, 0.717) is 12.0 Å². The first-order chi connectivity index (χ1) is 7.07. The van der Waals surface area contributed by atoms with Gasteiger partial charge >= 0.3 is 0 Å². The van der Waals surface area contributed by atoms with E-state index in [-0.39, 0.29) is 11.5 Å². The summed E-state index contributed by atoms with van der Waals surface area (Å²) in [6, 6.07) is 1.52. The number of aromatic nitrogens is 1. The van der Waals surface area contributed by atoms with Gasteiger partial charge in [0.1, 0.15) is 12.0 Å². The smallest absolute Gasteiger partial charge is 0.291 e. The zero-order valence-electron chi connectivity index (χ0n) is 8.64. The van der Waals surface area contributed by atoms with Crippen LogP contribution in [0.15, 0.2) is 18.5 Å². The van der Waals surface area contributed by atoms with Crippen LogP contribution in [0, 0.1) is 10.1 Å². The van der Waals surface area contributed by atoms with Crippen LogP contribution in [0.3, 0.4) is 0 Å². The first-order valence-electron chi connectivity index (χ1n) is 4.69. The summed E-state index contributed by atoms with van der Waals surface area (Å²) in [7, 11) is 0. The van der Waals surface area contributed by atoms with E-state index >= 15 is 0 Å². The van der Waals surface area contributed by atoms with Crippen molar-refractivity contribution in [3.8, 4) is 0 Å². The zero-order valence-corrected chi connectivity index (χ0v) is 8.64. The van der Waals surface area contributed by atoms with Crippen molar-refractivity contribution in [2.24, 2.45) is 0 Å². The van der Waals surface area contributed by atoms with Gasteiger partial charge in [0.05, 0.1) is 4.92 Å². The molecule has 0 spiro atoms. The molecule has 15 heavy (non-hydrogen) atoms. The molecule has 0 aliphatic rings. The minimum atomic E-state index is -0.512. The maximum Gasteiger partial charge on any atom is 0.291 e. The van der Waals surface area contributed by atoms with E-state index in [1.165, 1.54) is 18.5 Å². The highest BCUT2D eigenvalue weighted by Gasteiger charge is 2.22. The Bertz CT molecular complexity index is 390. The second kappa shape index (κ2) is 4.63. The van der Waals surface area contributed by atoms with E-state index in [0.717, 1.165) is 0 Å². The molecule has 0 amide bonds. The average molecular weight is 208 g/mol. The third kappa shape index (κ3) is 2.37. The second-order valence-corrected chi connectivity index (χ2v) is 3.23. The minimum Gasteiger partial charge on any atom is -0.299 e. The van der Waals surface area contributed by atoms with Gasteiger partial charge in [-0.1, -0.05) is 13.8 Å². The Morgan fingerprint density at radius 3 is 2.87 bits per heavy atom. The molecule has 0 N–H and O–H groups in total. The van der Waals surface area contributed by atoms with Crippen molar-refractivity contribution in [2.75, 3.05) is 0 Å². The Morgan fingerprint density at radius 1 is 1.67 bits per heavy atom. The largest absolute Gasteiger partial charge is 0.299 e. The molecule has 0 aliphatic heterocycles. The van der Waals surface area contributed by atoms with E-state index in [4.69, 9.17) is 0 Å². The lowest BCUT2D eigenvalue weighted by Crippen LogP contribution is -2.09. The lowest BCUT2D eigenvalue weighted by Gasteiger charge is -2.08. The van der Waals surface area contributed by atoms with Gasteiger partial charge in [-0.3, -0.25) is 19.9 Å². The maximum atomic E-state index is 11.4. The van der Waals surface area contributed by atoms with Gasteiger partial charge in [0, 0.05) is 24.1 Å². The molecule has 5 nitrogen and oxygen atoms in total. The molecule has 1 rings (SSSR count). The number of hydrogen-bond acceptors (Lipinski definition) is 4. The highest BCUT2D eigenvalue weighted by atomic mass is 16.6. The fourth-order valence-corrected chi connectivity index (χ4v) is 1.40. The Kier molecular flexibility index (Phi) is 3.49. The summed E-state index contributed by atoms with van der Waals surface area (Å²) in [5.74, 6) is -0.456. The number of rotatable bonds is 4. The number of hydrogen-bond donors (Lipinski definition) is 0. The molecule has 0 aromatic carbocycles. The van der Waals surface area contributed by atoms with E-state index < -0.39 is 10.8 Å². The van der Waals surface area contributed by atoms with Gasteiger partial charge in [-0.2, -0.15) is 0 Å². The number of ketones is 1. The van der Waals surface area contributed by atoms with Gasteiger partial charge in [-0.25, -0.2) is 0 Å². The fourth-order valence-electron chi connectivity index (χ4n) is 1.40. The summed E-state index contributed by atoms with van der Waals surface area (Å²) in [6.45, 7) is 3.42. The molecule has 1 aromatic rings. The standard InChI is InChI=1S/C10H12N2O3/c1-3-10(13)7(2)8-4-5-11-6-9(8)12(14)15/h4-7H,3H2,1-2H3. The first-order valence-corrected chi connectivity index (χ1v) is 4.69. The van der Waals surface area contributed by atoms with Crippen LogP contribution < -0.4 is 0 Å². The van der Waals surface area contributed by atoms with Crippen LogP contribution in [0.1, 0.15) is 31.7 Å². The van der Waals surface area contributed by atoms with Gasteiger partial charge in [-0.05, 0) is 6.07 Å². The van der Waals surface area contributed by atoms with Crippen LogP contribution >= 0.6 is 0 Å². The van der Waals surface area contributed by atoms with Crippen LogP contribution in [0.4, 0.5) is 5.69 Å². The molecule has 1 heterocycles. The summed E-state index contributed by atoms with van der Waals surface area (Å²) in [5, 5.41) is 10.7. The molecular formula is C10H12N2O3. The Labute approximate surface area is 87.3 Å². The lowest BCUT2D eigenvalue weighted by atomic mass is 9.95. The molecule has 1 unspecified atom stereocenters. The Morgan fingerprint density at radius 2 is 2.33 bits per heavy atom. The fraction of sp³-hybridized carbons (Fsp3) is 0.400. The number of nitro groups is 1. The van der Waals surface area contributed by atoms with Gasteiger partial charge in [-0.15, -0.1) is 0 Å². The van der Waals surface area contributed by atoms with Crippen molar-refractivity contribution in [3.63, 3.8) is 0 Å². The molecule has 0 radical (unpaired) electrons. The predicted octanol–water partition coefficient (Wildman–Crippen LogP) is 2.07. The second-order valence-electron chi connectivity index (χ2n) is 3.23. The minimum absolute atomic E-state index is 0.00991. The van der Waals surface area contributed by atoms with Crippen LogP contribution in [0.5, 0.6) is 0 Å². The third-order valence-electron chi connectivity index (χ3n) is 2.33. The van der Waals surface area contributed by atoms with Crippen molar-refractivity contribution >= 4 is 11.5 Å². The van der Waals surface area contributed by atoms with Crippen molar-refractivity contribution < 1.29 is 9.72 Å². The lowest BCUT2D eigenvalue weighted by molar-refractivity contribution is -0.386. The molecule has 0 aliphatic carbocycles. The third-order valence-corrected chi connectivity index (χ3v) is 2.33.